The molecule has 0 saturated heterocycles. The van der Waals surface area contributed by atoms with Crippen molar-refractivity contribution in [3.8, 4) is 0 Å². The van der Waals surface area contributed by atoms with Crippen molar-refractivity contribution in [1.82, 2.24) is 4.90 Å². The third-order valence-corrected chi connectivity index (χ3v) is 3.22. The van der Waals surface area contributed by atoms with Crippen LogP contribution in [0.2, 0.25) is 0 Å². The van der Waals surface area contributed by atoms with Crippen LogP contribution >= 0.6 is 15.9 Å². The highest BCUT2D eigenvalue weighted by Crippen LogP contribution is 2.23. The second kappa shape index (κ2) is 4.56. The normalized spacial score (nSPS) is 18.1. The zero-order valence-electron chi connectivity index (χ0n) is 9.76. The van der Waals surface area contributed by atoms with E-state index in [1.165, 1.54) is 10.1 Å². The average Bonchev–Trinajstić information content (AvgIpc) is 2.06. The van der Waals surface area contributed by atoms with Crippen LogP contribution in [0.1, 0.15) is 34.1 Å². The molecule has 0 bridgehead atoms. The number of amides is 1. The second-order valence-corrected chi connectivity index (χ2v) is 5.79. The van der Waals surface area contributed by atoms with E-state index >= 15 is 0 Å². The maximum Gasteiger partial charge on any atom is 0.410 e. The summed E-state index contributed by atoms with van der Waals surface area (Å²) >= 11 is 3.49. The lowest BCUT2D eigenvalue weighted by atomic mass is 10.1. The molecule has 86 valence electrons. The molecule has 0 spiro atoms. The Kier molecular flexibility index (Phi) is 3.82. The number of hydrogen-bond acceptors (Lipinski definition) is 2. The Bertz CT molecular complexity index is 291. The van der Waals surface area contributed by atoms with E-state index in [9.17, 15) is 4.79 Å². The zero-order valence-corrected chi connectivity index (χ0v) is 11.3. The molecular weight excluding hydrogens is 258 g/mol. The Hall–Kier alpha value is -0.510. The molecule has 0 saturated carbocycles. The van der Waals surface area contributed by atoms with E-state index in [0.717, 1.165) is 13.0 Å². The van der Waals surface area contributed by atoms with Crippen molar-refractivity contribution in [2.45, 2.75) is 39.7 Å². The SMILES string of the molecule is CC1=C(Br)CCN(C(=O)OC(C)(C)C)C1. The average molecular weight is 276 g/mol. The molecule has 0 unspecified atom stereocenters. The maximum absolute atomic E-state index is 11.7. The summed E-state index contributed by atoms with van der Waals surface area (Å²) in [4.78, 5) is 13.5. The molecule has 1 rings (SSSR count). The number of hydrogen-bond donors (Lipinski definition) is 0. The van der Waals surface area contributed by atoms with Crippen molar-refractivity contribution in [2.75, 3.05) is 13.1 Å². The predicted octanol–water partition coefficient (Wildman–Crippen LogP) is 3.30. The van der Waals surface area contributed by atoms with Crippen LogP contribution in [0.3, 0.4) is 0 Å². The highest BCUT2D eigenvalue weighted by atomic mass is 79.9. The van der Waals surface area contributed by atoms with Crippen LogP contribution in [-0.4, -0.2) is 29.7 Å². The summed E-state index contributed by atoms with van der Waals surface area (Å²) in [6.07, 6.45) is 0.660. The predicted molar refractivity (Wildman–Crippen MR) is 64.1 cm³/mol. The second-order valence-electron chi connectivity index (χ2n) is 4.84. The van der Waals surface area contributed by atoms with Gasteiger partial charge in [-0.05, 0) is 44.2 Å². The fourth-order valence-electron chi connectivity index (χ4n) is 1.38. The molecule has 1 aliphatic heterocycles. The van der Waals surface area contributed by atoms with Gasteiger partial charge in [-0.1, -0.05) is 15.9 Å². The van der Waals surface area contributed by atoms with Crippen LogP contribution in [0.5, 0.6) is 0 Å². The summed E-state index contributed by atoms with van der Waals surface area (Å²) in [5, 5.41) is 0. The van der Waals surface area contributed by atoms with Crippen LogP contribution in [0.4, 0.5) is 4.79 Å². The van der Waals surface area contributed by atoms with Gasteiger partial charge in [0, 0.05) is 13.1 Å². The summed E-state index contributed by atoms with van der Waals surface area (Å²) in [6, 6.07) is 0. The van der Waals surface area contributed by atoms with E-state index in [1.807, 2.05) is 27.7 Å². The molecule has 0 aromatic heterocycles. The largest absolute Gasteiger partial charge is 0.444 e. The number of carbonyl (C=O) groups excluding carboxylic acids is 1. The summed E-state index contributed by atoms with van der Waals surface area (Å²) in [5.41, 5.74) is 0.788. The third-order valence-electron chi connectivity index (χ3n) is 2.14. The molecule has 3 nitrogen and oxygen atoms in total. The number of carbonyl (C=O) groups is 1. The van der Waals surface area contributed by atoms with Gasteiger partial charge in [0.25, 0.3) is 0 Å². The first kappa shape index (κ1) is 12.6. The molecule has 1 aliphatic rings. The van der Waals surface area contributed by atoms with Crippen molar-refractivity contribution in [3.63, 3.8) is 0 Å². The minimum atomic E-state index is -0.413. The van der Waals surface area contributed by atoms with Gasteiger partial charge in [-0.2, -0.15) is 0 Å². The van der Waals surface area contributed by atoms with Gasteiger partial charge >= 0.3 is 6.09 Å². The Morgan fingerprint density at radius 1 is 1.47 bits per heavy atom. The van der Waals surface area contributed by atoms with Crippen molar-refractivity contribution in [1.29, 1.82) is 0 Å². The summed E-state index contributed by atoms with van der Waals surface area (Å²) in [7, 11) is 0. The molecule has 0 atom stereocenters. The highest BCUT2D eigenvalue weighted by molar-refractivity contribution is 9.11. The van der Waals surface area contributed by atoms with Crippen LogP contribution < -0.4 is 0 Å². The van der Waals surface area contributed by atoms with E-state index < -0.39 is 5.60 Å². The van der Waals surface area contributed by atoms with Gasteiger partial charge in [-0.25, -0.2) is 4.79 Å². The first-order chi connectivity index (χ1) is 6.79. The fourth-order valence-corrected chi connectivity index (χ4v) is 1.68. The number of halogens is 1. The molecule has 15 heavy (non-hydrogen) atoms. The topological polar surface area (TPSA) is 29.5 Å². The minimum Gasteiger partial charge on any atom is -0.444 e. The van der Waals surface area contributed by atoms with E-state index in [0.29, 0.717) is 6.54 Å². The number of rotatable bonds is 0. The summed E-state index contributed by atoms with van der Waals surface area (Å²) < 4.78 is 6.52. The van der Waals surface area contributed by atoms with Gasteiger partial charge in [-0.15, -0.1) is 0 Å². The lowest BCUT2D eigenvalue weighted by Gasteiger charge is -2.30. The van der Waals surface area contributed by atoms with Crippen molar-refractivity contribution in [3.05, 3.63) is 10.1 Å². The molecule has 0 aromatic rings. The first-order valence-electron chi connectivity index (χ1n) is 5.11. The Balaban J connectivity index is 2.57. The lowest BCUT2D eigenvalue weighted by molar-refractivity contribution is 0.0262. The maximum atomic E-state index is 11.7. The molecule has 0 aromatic carbocycles. The van der Waals surface area contributed by atoms with Crippen molar-refractivity contribution >= 4 is 22.0 Å². The van der Waals surface area contributed by atoms with E-state index in [1.54, 1.807) is 4.90 Å². The summed E-state index contributed by atoms with van der Waals surface area (Å²) in [5.74, 6) is 0. The zero-order chi connectivity index (χ0) is 11.6. The van der Waals surface area contributed by atoms with Crippen LogP contribution in [0.25, 0.3) is 0 Å². The van der Waals surface area contributed by atoms with Gasteiger partial charge in [0.05, 0.1) is 0 Å². The molecule has 0 N–H and O–H groups in total. The molecule has 0 fully saturated rings. The first-order valence-corrected chi connectivity index (χ1v) is 5.91. The van der Waals surface area contributed by atoms with Crippen molar-refractivity contribution < 1.29 is 9.53 Å². The third kappa shape index (κ3) is 3.86. The van der Waals surface area contributed by atoms with Gasteiger partial charge in [0.15, 0.2) is 0 Å². The number of nitrogens with zero attached hydrogens (tertiary/aromatic N) is 1. The van der Waals surface area contributed by atoms with E-state index in [-0.39, 0.29) is 6.09 Å². The molecule has 0 radical (unpaired) electrons. The lowest BCUT2D eigenvalue weighted by Crippen LogP contribution is -2.40. The smallest absolute Gasteiger partial charge is 0.410 e. The molecule has 1 heterocycles. The van der Waals surface area contributed by atoms with Gasteiger partial charge in [0.2, 0.25) is 0 Å². The Labute approximate surface area is 99.6 Å². The fraction of sp³-hybridized carbons (Fsp3) is 0.727. The van der Waals surface area contributed by atoms with Gasteiger partial charge < -0.3 is 9.64 Å². The molecular formula is C11H18BrNO2. The molecule has 4 heteroatoms. The Morgan fingerprint density at radius 2 is 2.07 bits per heavy atom. The van der Waals surface area contributed by atoms with Crippen LogP contribution in [0, 0.1) is 0 Å². The van der Waals surface area contributed by atoms with E-state index in [4.69, 9.17) is 4.74 Å². The van der Waals surface area contributed by atoms with Gasteiger partial charge in [-0.3, -0.25) is 0 Å². The Morgan fingerprint density at radius 3 is 2.53 bits per heavy atom. The standard InChI is InChI=1S/C11H18BrNO2/c1-8-7-13(6-5-9(8)12)10(14)15-11(2,3)4/h5-7H2,1-4H3. The highest BCUT2D eigenvalue weighted by Gasteiger charge is 2.24. The van der Waals surface area contributed by atoms with E-state index in [2.05, 4.69) is 15.9 Å². The molecule has 1 amide bonds. The quantitative estimate of drug-likeness (QED) is 0.679. The van der Waals surface area contributed by atoms with Crippen LogP contribution in [-0.2, 0) is 4.74 Å². The number of ether oxygens (including phenoxy) is 1. The minimum absolute atomic E-state index is 0.221. The summed E-state index contributed by atoms with van der Waals surface area (Å²) in [6.45, 7) is 9.07. The van der Waals surface area contributed by atoms with Crippen LogP contribution in [0.15, 0.2) is 10.1 Å². The van der Waals surface area contributed by atoms with Crippen molar-refractivity contribution in [2.24, 2.45) is 0 Å². The van der Waals surface area contributed by atoms with Gasteiger partial charge in [0.1, 0.15) is 5.60 Å². The monoisotopic (exact) mass is 275 g/mol. The molecule has 0 aliphatic carbocycles.